The highest BCUT2D eigenvalue weighted by Crippen LogP contribution is 2.24. The number of ether oxygens (including phenoxy) is 1. The minimum atomic E-state index is -0.659. The number of benzene rings is 1. The van der Waals surface area contributed by atoms with Crippen LogP contribution in [-0.2, 0) is 20.7 Å². The minimum absolute atomic E-state index is 0.0618. The second-order valence-electron chi connectivity index (χ2n) is 7.88. The molecule has 2 aromatic heterocycles. The van der Waals surface area contributed by atoms with Crippen LogP contribution in [0.5, 0.6) is 0 Å². The summed E-state index contributed by atoms with van der Waals surface area (Å²) >= 11 is 5.98. The highest BCUT2D eigenvalue weighted by Gasteiger charge is 2.25. The van der Waals surface area contributed by atoms with Gasteiger partial charge in [0.25, 0.3) is 0 Å². The number of nitrogens with zero attached hydrogens (tertiary/aromatic N) is 3. The van der Waals surface area contributed by atoms with E-state index in [-0.39, 0.29) is 18.2 Å². The van der Waals surface area contributed by atoms with Crippen LogP contribution in [0.3, 0.4) is 0 Å². The summed E-state index contributed by atoms with van der Waals surface area (Å²) in [6, 6.07) is 8.77. The molecule has 3 rings (SSSR count). The lowest BCUT2D eigenvalue weighted by Gasteiger charge is -2.20. The van der Waals surface area contributed by atoms with Crippen molar-refractivity contribution in [1.29, 1.82) is 0 Å². The predicted octanol–water partition coefficient (Wildman–Crippen LogP) is 3.91. The first-order valence-corrected chi connectivity index (χ1v) is 10.6. The molecule has 0 fully saturated rings. The number of carbonyl (C=O) groups excluding carboxylic acids is 2. The number of esters is 1. The number of rotatable bonds is 7. The van der Waals surface area contributed by atoms with Gasteiger partial charge in [0, 0.05) is 34.5 Å². The maximum atomic E-state index is 12.5. The van der Waals surface area contributed by atoms with Crippen LogP contribution in [-0.4, -0.2) is 39.6 Å². The van der Waals surface area contributed by atoms with Gasteiger partial charge < -0.3 is 10.1 Å². The van der Waals surface area contributed by atoms with Crippen molar-refractivity contribution in [3.05, 3.63) is 52.3 Å². The smallest absolute Gasteiger partial charge is 0.328 e. The summed E-state index contributed by atoms with van der Waals surface area (Å²) in [5.74, 6) is -0.705. The molecular formula is C23H27ClN4O3. The third-order valence-electron chi connectivity index (χ3n) is 5.34. The van der Waals surface area contributed by atoms with Crippen molar-refractivity contribution < 1.29 is 14.3 Å². The number of amides is 1. The molecule has 0 unspecified atom stereocenters. The quantitative estimate of drug-likeness (QED) is 0.560. The zero-order valence-electron chi connectivity index (χ0n) is 18.4. The molecule has 31 heavy (non-hydrogen) atoms. The summed E-state index contributed by atoms with van der Waals surface area (Å²) in [7, 11) is 1.32. The van der Waals surface area contributed by atoms with Gasteiger partial charge in [0.05, 0.1) is 12.8 Å². The van der Waals surface area contributed by atoms with Crippen molar-refractivity contribution in [1.82, 2.24) is 19.9 Å². The zero-order chi connectivity index (χ0) is 22.7. The number of fused-ring (bicyclic) bond motifs is 1. The highest BCUT2D eigenvalue weighted by atomic mass is 35.5. The number of methoxy groups -OCH3 is 1. The van der Waals surface area contributed by atoms with Gasteiger partial charge in [-0.05, 0) is 43.9 Å². The fourth-order valence-corrected chi connectivity index (χ4v) is 3.69. The van der Waals surface area contributed by atoms with E-state index in [1.54, 1.807) is 4.52 Å². The molecule has 164 valence electrons. The van der Waals surface area contributed by atoms with Crippen LogP contribution in [0.25, 0.3) is 16.9 Å². The van der Waals surface area contributed by atoms with E-state index in [1.807, 2.05) is 58.0 Å². The van der Waals surface area contributed by atoms with Gasteiger partial charge in [-0.2, -0.15) is 5.10 Å². The zero-order valence-corrected chi connectivity index (χ0v) is 19.2. The van der Waals surface area contributed by atoms with Crippen LogP contribution in [0.15, 0.2) is 30.3 Å². The SMILES string of the molecule is COC(=O)[C@H](NC(=O)CCc1c(C)nc2cc(-c3ccc(Cl)cc3)nn2c1C)C(C)C. The summed E-state index contributed by atoms with van der Waals surface area (Å²) in [4.78, 5) is 29.0. The lowest BCUT2D eigenvalue weighted by molar-refractivity contribution is -0.146. The first kappa shape index (κ1) is 22.7. The minimum Gasteiger partial charge on any atom is -0.467 e. The van der Waals surface area contributed by atoms with E-state index < -0.39 is 12.0 Å². The molecule has 0 aliphatic rings. The van der Waals surface area contributed by atoms with Crippen molar-refractivity contribution in [3.8, 4) is 11.3 Å². The molecular weight excluding hydrogens is 416 g/mol. The van der Waals surface area contributed by atoms with E-state index in [2.05, 4.69) is 10.3 Å². The van der Waals surface area contributed by atoms with Gasteiger partial charge >= 0.3 is 5.97 Å². The highest BCUT2D eigenvalue weighted by molar-refractivity contribution is 6.30. The van der Waals surface area contributed by atoms with E-state index in [0.29, 0.717) is 11.4 Å². The van der Waals surface area contributed by atoms with Crippen molar-refractivity contribution >= 4 is 29.1 Å². The number of carbonyl (C=O) groups is 2. The lowest BCUT2D eigenvalue weighted by atomic mass is 10.0. The number of hydrogen-bond acceptors (Lipinski definition) is 5. The lowest BCUT2D eigenvalue weighted by Crippen LogP contribution is -2.45. The van der Waals surface area contributed by atoms with Gasteiger partial charge in [-0.1, -0.05) is 37.6 Å². The summed E-state index contributed by atoms with van der Waals surface area (Å²) in [5, 5.41) is 8.14. The van der Waals surface area contributed by atoms with E-state index in [9.17, 15) is 9.59 Å². The first-order valence-electron chi connectivity index (χ1n) is 10.2. The third kappa shape index (κ3) is 5.05. The standard InChI is InChI=1S/C23H27ClN4O3/c1-13(2)22(23(30)31-5)26-21(29)11-10-18-14(3)25-20-12-19(27-28(20)15(18)4)16-6-8-17(24)9-7-16/h6-9,12-13,22H,10-11H2,1-5H3,(H,26,29)/t22-/m1/s1. The Morgan fingerprint density at radius 2 is 1.87 bits per heavy atom. The largest absolute Gasteiger partial charge is 0.467 e. The Kier molecular flexibility index (Phi) is 6.95. The molecule has 7 nitrogen and oxygen atoms in total. The van der Waals surface area contributed by atoms with Crippen LogP contribution in [0, 0.1) is 19.8 Å². The molecule has 2 heterocycles. The fraction of sp³-hybridized carbons (Fsp3) is 0.391. The van der Waals surface area contributed by atoms with Crippen LogP contribution in [0.2, 0.25) is 5.02 Å². The predicted molar refractivity (Wildman–Crippen MR) is 120 cm³/mol. The summed E-state index contributed by atoms with van der Waals surface area (Å²) in [5.41, 5.74) is 5.26. The van der Waals surface area contributed by atoms with Crippen LogP contribution < -0.4 is 5.32 Å². The average molecular weight is 443 g/mol. The molecule has 1 aromatic carbocycles. The van der Waals surface area contributed by atoms with Gasteiger partial charge in [-0.3, -0.25) is 4.79 Å². The van der Waals surface area contributed by atoms with Crippen LogP contribution in [0.4, 0.5) is 0 Å². The van der Waals surface area contributed by atoms with Gasteiger partial charge in [0.15, 0.2) is 5.65 Å². The molecule has 0 spiro atoms. The van der Waals surface area contributed by atoms with Gasteiger partial charge in [0.2, 0.25) is 5.91 Å². The molecule has 1 N–H and O–H groups in total. The van der Waals surface area contributed by atoms with Crippen molar-refractivity contribution in [3.63, 3.8) is 0 Å². The number of aromatic nitrogens is 3. The Bertz CT molecular complexity index is 1110. The van der Waals surface area contributed by atoms with E-state index >= 15 is 0 Å². The number of halogens is 1. The second-order valence-corrected chi connectivity index (χ2v) is 8.32. The molecule has 0 saturated heterocycles. The molecule has 1 amide bonds. The summed E-state index contributed by atoms with van der Waals surface area (Å²) in [6.07, 6.45) is 0.731. The van der Waals surface area contributed by atoms with Gasteiger partial charge in [0.1, 0.15) is 6.04 Å². The fourth-order valence-electron chi connectivity index (χ4n) is 3.56. The average Bonchev–Trinajstić information content (AvgIpc) is 3.15. The Labute approximate surface area is 186 Å². The number of nitrogens with one attached hydrogen (secondary N) is 1. The third-order valence-corrected chi connectivity index (χ3v) is 5.60. The van der Waals surface area contributed by atoms with Crippen molar-refractivity contribution in [2.75, 3.05) is 7.11 Å². The van der Waals surface area contributed by atoms with E-state index in [0.717, 1.165) is 33.9 Å². The normalized spacial score (nSPS) is 12.2. The van der Waals surface area contributed by atoms with Gasteiger partial charge in [-0.25, -0.2) is 14.3 Å². The first-order chi connectivity index (χ1) is 14.7. The molecule has 8 heteroatoms. The second kappa shape index (κ2) is 9.47. The van der Waals surface area contributed by atoms with Crippen LogP contribution in [0.1, 0.15) is 37.2 Å². The maximum absolute atomic E-state index is 12.5. The monoisotopic (exact) mass is 442 g/mol. The molecule has 0 bridgehead atoms. The Hall–Kier alpha value is -2.93. The van der Waals surface area contributed by atoms with Gasteiger partial charge in [-0.15, -0.1) is 0 Å². The number of hydrogen-bond donors (Lipinski definition) is 1. The Morgan fingerprint density at radius 3 is 2.48 bits per heavy atom. The Balaban J connectivity index is 1.80. The molecule has 3 aromatic rings. The number of aryl methyl sites for hydroxylation is 2. The topological polar surface area (TPSA) is 85.6 Å². The maximum Gasteiger partial charge on any atom is 0.328 e. The van der Waals surface area contributed by atoms with Crippen molar-refractivity contribution in [2.45, 2.75) is 46.6 Å². The molecule has 0 radical (unpaired) electrons. The summed E-state index contributed by atoms with van der Waals surface area (Å²) < 4.78 is 6.59. The Morgan fingerprint density at radius 1 is 1.19 bits per heavy atom. The van der Waals surface area contributed by atoms with E-state index in [4.69, 9.17) is 21.4 Å². The molecule has 0 aliphatic heterocycles. The van der Waals surface area contributed by atoms with E-state index in [1.165, 1.54) is 7.11 Å². The molecule has 0 aliphatic carbocycles. The molecule has 0 saturated carbocycles. The van der Waals surface area contributed by atoms with Crippen molar-refractivity contribution in [2.24, 2.45) is 5.92 Å². The molecule has 1 atom stereocenters. The van der Waals surface area contributed by atoms with Crippen LogP contribution >= 0.6 is 11.6 Å². The summed E-state index contributed by atoms with van der Waals surface area (Å²) in [6.45, 7) is 7.63.